The second kappa shape index (κ2) is 5.13. The number of hydrogen-bond acceptors (Lipinski definition) is 2. The lowest BCUT2D eigenvalue weighted by atomic mass is 10.1. The van der Waals surface area contributed by atoms with Crippen molar-refractivity contribution in [1.29, 1.82) is 0 Å². The lowest BCUT2D eigenvalue weighted by molar-refractivity contribution is -0.120. The van der Waals surface area contributed by atoms with Gasteiger partial charge in [-0.25, -0.2) is 0 Å². The van der Waals surface area contributed by atoms with Gasteiger partial charge in [-0.3, -0.25) is 4.79 Å². The zero-order valence-corrected chi connectivity index (χ0v) is 7.68. The van der Waals surface area contributed by atoms with Crippen LogP contribution in [0.4, 0.5) is 0 Å². The molecule has 0 unspecified atom stereocenters. The number of amides is 1. The summed E-state index contributed by atoms with van der Waals surface area (Å²) in [5.41, 5.74) is 0. The number of rotatable bonds is 4. The standard InChI is InChI=1S/C8H17NO2/c1-6(2)8(5-11-4)9-7(3)10/h6,8H,5H2,1-4H3,(H,9,10)/t8-/m0/s1. The zero-order valence-electron chi connectivity index (χ0n) is 7.68. The summed E-state index contributed by atoms with van der Waals surface area (Å²) in [6.45, 7) is 6.21. The van der Waals surface area contributed by atoms with Crippen molar-refractivity contribution >= 4 is 5.91 Å². The van der Waals surface area contributed by atoms with Gasteiger partial charge in [-0.15, -0.1) is 0 Å². The molecule has 0 aliphatic heterocycles. The van der Waals surface area contributed by atoms with Crippen molar-refractivity contribution in [3.05, 3.63) is 0 Å². The molecule has 0 rings (SSSR count). The van der Waals surface area contributed by atoms with Crippen molar-refractivity contribution in [3.8, 4) is 0 Å². The van der Waals surface area contributed by atoms with E-state index in [1.807, 2.05) is 0 Å². The fraction of sp³-hybridized carbons (Fsp3) is 0.875. The monoisotopic (exact) mass is 159 g/mol. The molecule has 0 aromatic heterocycles. The Kier molecular flexibility index (Phi) is 4.86. The second-order valence-electron chi connectivity index (χ2n) is 3.01. The van der Waals surface area contributed by atoms with Gasteiger partial charge in [-0.05, 0) is 5.92 Å². The molecule has 1 N–H and O–H groups in total. The quantitative estimate of drug-likeness (QED) is 0.658. The highest BCUT2D eigenvalue weighted by molar-refractivity contribution is 5.73. The Morgan fingerprint density at radius 3 is 2.36 bits per heavy atom. The summed E-state index contributed by atoms with van der Waals surface area (Å²) < 4.78 is 4.95. The molecule has 1 atom stereocenters. The van der Waals surface area contributed by atoms with Gasteiger partial charge in [0.05, 0.1) is 12.6 Å². The van der Waals surface area contributed by atoms with Crippen LogP contribution in [-0.2, 0) is 9.53 Å². The molecule has 0 fully saturated rings. The summed E-state index contributed by atoms with van der Waals surface area (Å²) in [5.74, 6) is 0.416. The highest BCUT2D eigenvalue weighted by Gasteiger charge is 2.12. The van der Waals surface area contributed by atoms with E-state index in [2.05, 4.69) is 19.2 Å². The molecule has 0 radical (unpaired) electrons. The Morgan fingerprint density at radius 2 is 2.09 bits per heavy atom. The Hall–Kier alpha value is -0.570. The van der Waals surface area contributed by atoms with Crippen LogP contribution in [0.1, 0.15) is 20.8 Å². The largest absolute Gasteiger partial charge is 0.383 e. The molecule has 0 bridgehead atoms. The van der Waals surface area contributed by atoms with Crippen LogP contribution in [-0.4, -0.2) is 25.7 Å². The van der Waals surface area contributed by atoms with Gasteiger partial charge in [-0.2, -0.15) is 0 Å². The van der Waals surface area contributed by atoms with Gasteiger partial charge in [0.25, 0.3) is 0 Å². The maximum absolute atomic E-state index is 10.7. The number of ether oxygens (including phenoxy) is 1. The molecule has 11 heavy (non-hydrogen) atoms. The maximum Gasteiger partial charge on any atom is 0.217 e. The molecule has 3 nitrogen and oxygen atoms in total. The highest BCUT2D eigenvalue weighted by atomic mass is 16.5. The molecule has 1 amide bonds. The molecule has 3 heteroatoms. The summed E-state index contributed by atoms with van der Waals surface area (Å²) in [6.07, 6.45) is 0. The Labute approximate surface area is 68.1 Å². The van der Waals surface area contributed by atoms with Gasteiger partial charge in [0.15, 0.2) is 0 Å². The van der Waals surface area contributed by atoms with E-state index in [4.69, 9.17) is 4.74 Å². The van der Waals surface area contributed by atoms with Crippen LogP contribution < -0.4 is 5.32 Å². The maximum atomic E-state index is 10.7. The van der Waals surface area contributed by atoms with Gasteiger partial charge in [0.1, 0.15) is 0 Å². The molecule has 0 aromatic carbocycles. The molecule has 0 saturated carbocycles. The summed E-state index contributed by atoms with van der Waals surface area (Å²) in [6, 6.07) is 0.137. The first-order valence-corrected chi connectivity index (χ1v) is 3.84. The summed E-state index contributed by atoms with van der Waals surface area (Å²) in [4.78, 5) is 10.7. The smallest absolute Gasteiger partial charge is 0.217 e. The SMILES string of the molecule is COC[C@H](NC(C)=O)C(C)C. The van der Waals surface area contributed by atoms with E-state index in [-0.39, 0.29) is 11.9 Å². The van der Waals surface area contributed by atoms with Crippen LogP contribution in [0.25, 0.3) is 0 Å². The molecule has 0 aromatic rings. The zero-order chi connectivity index (χ0) is 8.85. The first-order valence-electron chi connectivity index (χ1n) is 3.84. The van der Waals surface area contributed by atoms with Crippen LogP contribution in [0.5, 0.6) is 0 Å². The Bertz CT molecular complexity index is 123. The van der Waals surface area contributed by atoms with E-state index in [1.165, 1.54) is 6.92 Å². The van der Waals surface area contributed by atoms with Gasteiger partial charge in [0, 0.05) is 14.0 Å². The van der Waals surface area contributed by atoms with E-state index in [0.717, 1.165) is 0 Å². The van der Waals surface area contributed by atoms with E-state index in [1.54, 1.807) is 7.11 Å². The minimum Gasteiger partial charge on any atom is -0.383 e. The Balaban J connectivity index is 3.79. The van der Waals surface area contributed by atoms with Crippen LogP contribution in [0.3, 0.4) is 0 Å². The minimum atomic E-state index is 0.000694. The number of methoxy groups -OCH3 is 1. The lowest BCUT2D eigenvalue weighted by Crippen LogP contribution is -2.40. The third kappa shape index (κ3) is 4.79. The summed E-state index contributed by atoms with van der Waals surface area (Å²) in [7, 11) is 1.64. The third-order valence-electron chi connectivity index (χ3n) is 1.54. The van der Waals surface area contributed by atoms with Gasteiger partial charge >= 0.3 is 0 Å². The van der Waals surface area contributed by atoms with Crippen molar-refractivity contribution in [2.75, 3.05) is 13.7 Å². The molecule has 0 aliphatic rings. The van der Waals surface area contributed by atoms with Crippen molar-refractivity contribution in [2.24, 2.45) is 5.92 Å². The number of hydrogen-bond donors (Lipinski definition) is 1. The van der Waals surface area contributed by atoms with Gasteiger partial charge < -0.3 is 10.1 Å². The second-order valence-corrected chi connectivity index (χ2v) is 3.01. The van der Waals surface area contributed by atoms with E-state index in [9.17, 15) is 4.79 Å². The predicted octanol–water partition coefficient (Wildman–Crippen LogP) is 0.793. The fourth-order valence-electron chi connectivity index (χ4n) is 0.841. The van der Waals surface area contributed by atoms with E-state index < -0.39 is 0 Å². The van der Waals surface area contributed by atoms with E-state index in [0.29, 0.717) is 12.5 Å². The van der Waals surface area contributed by atoms with Crippen LogP contribution in [0.15, 0.2) is 0 Å². The average molecular weight is 159 g/mol. The van der Waals surface area contributed by atoms with Gasteiger partial charge in [-0.1, -0.05) is 13.8 Å². The minimum absolute atomic E-state index is 0.000694. The van der Waals surface area contributed by atoms with Crippen molar-refractivity contribution < 1.29 is 9.53 Å². The third-order valence-corrected chi connectivity index (χ3v) is 1.54. The Morgan fingerprint density at radius 1 is 1.55 bits per heavy atom. The van der Waals surface area contributed by atoms with E-state index >= 15 is 0 Å². The molecule has 0 aliphatic carbocycles. The topological polar surface area (TPSA) is 38.3 Å². The highest BCUT2D eigenvalue weighted by Crippen LogP contribution is 2.00. The first-order chi connectivity index (χ1) is 5.07. The lowest BCUT2D eigenvalue weighted by Gasteiger charge is -2.20. The van der Waals surface area contributed by atoms with Crippen LogP contribution >= 0.6 is 0 Å². The average Bonchev–Trinajstić information content (AvgIpc) is 1.86. The van der Waals surface area contributed by atoms with Crippen molar-refractivity contribution in [1.82, 2.24) is 5.32 Å². The first kappa shape index (κ1) is 10.4. The normalized spacial score (nSPS) is 13.2. The van der Waals surface area contributed by atoms with Gasteiger partial charge in [0.2, 0.25) is 5.91 Å². The molecular formula is C8H17NO2. The molecular weight excluding hydrogens is 142 g/mol. The number of carbonyl (C=O) groups is 1. The van der Waals surface area contributed by atoms with Crippen LogP contribution in [0, 0.1) is 5.92 Å². The molecule has 0 saturated heterocycles. The number of carbonyl (C=O) groups excluding carboxylic acids is 1. The molecule has 0 heterocycles. The van der Waals surface area contributed by atoms with Crippen molar-refractivity contribution in [3.63, 3.8) is 0 Å². The van der Waals surface area contributed by atoms with Crippen molar-refractivity contribution in [2.45, 2.75) is 26.8 Å². The predicted molar refractivity (Wildman–Crippen MR) is 44.3 cm³/mol. The summed E-state index contributed by atoms with van der Waals surface area (Å²) in [5, 5.41) is 2.82. The van der Waals surface area contributed by atoms with Crippen LogP contribution in [0.2, 0.25) is 0 Å². The summed E-state index contributed by atoms with van der Waals surface area (Å²) >= 11 is 0. The fourth-order valence-corrected chi connectivity index (χ4v) is 0.841. The molecule has 0 spiro atoms. The number of nitrogens with one attached hydrogen (secondary N) is 1. The molecule has 66 valence electrons.